The van der Waals surface area contributed by atoms with Crippen molar-refractivity contribution >= 4 is 23.5 Å². The Balaban J connectivity index is 1.46. The van der Waals surface area contributed by atoms with Crippen molar-refractivity contribution in [3.05, 3.63) is 30.2 Å². The van der Waals surface area contributed by atoms with E-state index < -0.39 is 0 Å². The van der Waals surface area contributed by atoms with Crippen molar-refractivity contribution in [3.8, 4) is 11.7 Å². The van der Waals surface area contributed by atoms with Crippen LogP contribution >= 0.6 is 11.8 Å². The zero-order valence-corrected chi connectivity index (χ0v) is 12.4. The summed E-state index contributed by atoms with van der Waals surface area (Å²) < 4.78 is 15.4. The van der Waals surface area contributed by atoms with Gasteiger partial charge in [-0.1, -0.05) is 16.9 Å². The molecule has 0 saturated heterocycles. The average Bonchev–Trinajstić information content (AvgIpc) is 3.20. The van der Waals surface area contributed by atoms with E-state index >= 15 is 0 Å². The molecule has 0 aliphatic heterocycles. The Labute approximate surface area is 129 Å². The molecule has 1 N–H and O–H groups in total. The smallest absolute Gasteiger partial charge is 0.284 e. The van der Waals surface area contributed by atoms with Gasteiger partial charge in [-0.2, -0.15) is 0 Å². The zero-order valence-electron chi connectivity index (χ0n) is 11.6. The number of hydrogen-bond donors (Lipinski definition) is 1. The topological polar surface area (TPSA) is 107 Å². The number of amides is 1. The highest BCUT2D eigenvalue weighted by Crippen LogP contribution is 2.23. The predicted octanol–water partition coefficient (Wildman–Crippen LogP) is 2.75. The Kier molecular flexibility index (Phi) is 4.24. The summed E-state index contributed by atoms with van der Waals surface area (Å²) in [6.07, 6.45) is 1.82. The van der Waals surface area contributed by atoms with Gasteiger partial charge in [0, 0.05) is 18.2 Å². The second-order valence-electron chi connectivity index (χ2n) is 4.32. The molecule has 0 atom stereocenters. The third-order valence-electron chi connectivity index (χ3n) is 2.59. The first-order valence-corrected chi connectivity index (χ1v) is 7.42. The minimum atomic E-state index is -0.161. The third-order valence-corrected chi connectivity index (χ3v) is 3.41. The Morgan fingerprint density at radius 3 is 3.05 bits per heavy atom. The molecule has 0 radical (unpaired) electrons. The summed E-state index contributed by atoms with van der Waals surface area (Å²) in [5.41, 5.74) is 0. The van der Waals surface area contributed by atoms with Crippen molar-refractivity contribution in [1.82, 2.24) is 15.4 Å². The molecule has 3 aromatic rings. The highest BCUT2D eigenvalue weighted by molar-refractivity contribution is 7.99. The van der Waals surface area contributed by atoms with Crippen molar-refractivity contribution in [1.29, 1.82) is 0 Å². The first-order valence-electron chi connectivity index (χ1n) is 6.44. The molecule has 114 valence electrons. The Hall–Kier alpha value is -2.55. The van der Waals surface area contributed by atoms with E-state index in [9.17, 15) is 4.79 Å². The van der Waals surface area contributed by atoms with Crippen molar-refractivity contribution in [2.75, 3.05) is 11.1 Å². The molecule has 0 saturated carbocycles. The second-order valence-corrected chi connectivity index (χ2v) is 5.37. The van der Waals surface area contributed by atoms with Crippen molar-refractivity contribution in [2.24, 2.45) is 0 Å². The summed E-state index contributed by atoms with van der Waals surface area (Å²) >= 11 is 1.30. The van der Waals surface area contributed by atoms with E-state index in [0.29, 0.717) is 34.2 Å². The third kappa shape index (κ3) is 3.55. The van der Waals surface area contributed by atoms with E-state index in [-0.39, 0.29) is 12.3 Å². The first-order chi connectivity index (χ1) is 10.7. The Morgan fingerprint density at radius 1 is 1.41 bits per heavy atom. The lowest BCUT2D eigenvalue weighted by atomic mass is 10.4. The van der Waals surface area contributed by atoms with Gasteiger partial charge in [0.1, 0.15) is 5.76 Å². The summed E-state index contributed by atoms with van der Waals surface area (Å²) in [4.78, 5) is 11.7. The maximum atomic E-state index is 11.7. The van der Waals surface area contributed by atoms with Gasteiger partial charge in [-0.25, -0.2) is 0 Å². The zero-order chi connectivity index (χ0) is 15.4. The van der Waals surface area contributed by atoms with Crippen LogP contribution in [-0.4, -0.2) is 27.0 Å². The lowest BCUT2D eigenvalue weighted by Crippen LogP contribution is -2.12. The van der Waals surface area contributed by atoms with Crippen LogP contribution in [0.4, 0.5) is 5.82 Å². The van der Waals surface area contributed by atoms with Gasteiger partial charge >= 0.3 is 0 Å². The van der Waals surface area contributed by atoms with Gasteiger partial charge in [-0.05, 0) is 19.1 Å². The molecule has 3 aromatic heterocycles. The molecule has 8 nitrogen and oxygen atoms in total. The molecule has 3 heterocycles. The fourth-order valence-corrected chi connectivity index (χ4v) is 2.33. The normalized spacial score (nSPS) is 10.8. The van der Waals surface area contributed by atoms with Crippen molar-refractivity contribution < 1.29 is 18.2 Å². The highest BCUT2D eigenvalue weighted by atomic mass is 32.2. The van der Waals surface area contributed by atoms with Crippen LogP contribution in [0.15, 0.2) is 43.0 Å². The molecule has 0 aliphatic carbocycles. The number of aromatic nitrogens is 3. The molecule has 0 aromatic carbocycles. The minimum absolute atomic E-state index is 0.161. The maximum absolute atomic E-state index is 11.7. The molecule has 0 unspecified atom stereocenters. The van der Waals surface area contributed by atoms with Crippen LogP contribution < -0.4 is 5.32 Å². The number of anilines is 1. The molecule has 0 aliphatic rings. The number of furan rings is 1. The largest absolute Gasteiger partial charge is 0.459 e. The van der Waals surface area contributed by atoms with E-state index in [0.717, 1.165) is 0 Å². The van der Waals surface area contributed by atoms with Gasteiger partial charge in [-0.15, -0.1) is 10.2 Å². The Morgan fingerprint density at radius 2 is 2.32 bits per heavy atom. The van der Waals surface area contributed by atoms with Crippen LogP contribution in [0.3, 0.4) is 0 Å². The highest BCUT2D eigenvalue weighted by Gasteiger charge is 2.12. The number of carbonyl (C=O) groups excluding carboxylic acids is 1. The number of nitrogens with one attached hydrogen (secondary N) is 1. The lowest BCUT2D eigenvalue weighted by Gasteiger charge is -1.99. The number of hydrogen-bond acceptors (Lipinski definition) is 8. The number of carbonyl (C=O) groups is 1. The van der Waals surface area contributed by atoms with Gasteiger partial charge in [0.05, 0.1) is 6.26 Å². The molecule has 0 fully saturated rings. The standard InChI is InChI=1S/C13H12N4O4S/c1-8-7-10(17-21-8)14-11(18)4-6-22-13-16-15-12(20-13)9-3-2-5-19-9/h2-3,5,7H,4,6H2,1H3,(H,14,17,18). The second kappa shape index (κ2) is 6.48. The fraction of sp³-hybridized carbons (Fsp3) is 0.231. The maximum Gasteiger partial charge on any atom is 0.284 e. The monoisotopic (exact) mass is 320 g/mol. The molecule has 3 rings (SSSR count). The van der Waals surface area contributed by atoms with E-state index in [4.69, 9.17) is 13.4 Å². The molecule has 0 spiro atoms. The molecular weight excluding hydrogens is 308 g/mol. The van der Waals surface area contributed by atoms with Crippen molar-refractivity contribution in [2.45, 2.75) is 18.6 Å². The van der Waals surface area contributed by atoms with Gasteiger partial charge in [0.15, 0.2) is 11.6 Å². The quantitative estimate of drug-likeness (QED) is 0.691. The van der Waals surface area contributed by atoms with Crippen LogP contribution in [-0.2, 0) is 4.79 Å². The molecule has 1 amide bonds. The van der Waals surface area contributed by atoms with Gasteiger partial charge in [0.25, 0.3) is 11.1 Å². The summed E-state index contributed by atoms with van der Waals surface area (Å²) in [6.45, 7) is 1.75. The Bertz CT molecular complexity index is 750. The van der Waals surface area contributed by atoms with E-state index in [1.165, 1.54) is 18.0 Å². The summed E-state index contributed by atoms with van der Waals surface area (Å²) in [5.74, 6) is 2.22. The van der Waals surface area contributed by atoms with E-state index in [2.05, 4.69) is 20.7 Å². The van der Waals surface area contributed by atoms with Crippen LogP contribution in [0.1, 0.15) is 12.2 Å². The first kappa shape index (κ1) is 14.4. The van der Waals surface area contributed by atoms with Crippen LogP contribution in [0.25, 0.3) is 11.7 Å². The van der Waals surface area contributed by atoms with Gasteiger partial charge < -0.3 is 18.7 Å². The van der Waals surface area contributed by atoms with Gasteiger partial charge in [0.2, 0.25) is 5.91 Å². The molecule has 9 heteroatoms. The molecular formula is C13H12N4O4S. The summed E-state index contributed by atoms with van der Waals surface area (Å²) in [7, 11) is 0. The SMILES string of the molecule is Cc1cc(NC(=O)CCSc2nnc(-c3ccco3)o2)no1. The van der Waals surface area contributed by atoms with Crippen LogP contribution in [0, 0.1) is 6.92 Å². The fourth-order valence-electron chi connectivity index (χ4n) is 1.63. The number of thioether (sulfide) groups is 1. The van der Waals surface area contributed by atoms with E-state index in [1.54, 1.807) is 25.1 Å². The lowest BCUT2D eigenvalue weighted by molar-refractivity contribution is -0.115. The summed E-state index contributed by atoms with van der Waals surface area (Å²) in [6, 6.07) is 5.12. The van der Waals surface area contributed by atoms with E-state index in [1.807, 2.05) is 0 Å². The molecule has 22 heavy (non-hydrogen) atoms. The van der Waals surface area contributed by atoms with Crippen LogP contribution in [0.5, 0.6) is 0 Å². The van der Waals surface area contributed by atoms with Gasteiger partial charge in [-0.3, -0.25) is 4.79 Å². The van der Waals surface area contributed by atoms with Crippen molar-refractivity contribution in [3.63, 3.8) is 0 Å². The average molecular weight is 320 g/mol. The van der Waals surface area contributed by atoms with Crippen LogP contribution in [0.2, 0.25) is 0 Å². The minimum Gasteiger partial charge on any atom is -0.459 e. The molecule has 0 bridgehead atoms. The number of nitrogens with zero attached hydrogens (tertiary/aromatic N) is 3. The number of aryl methyl sites for hydroxylation is 1. The predicted molar refractivity (Wildman–Crippen MR) is 77.2 cm³/mol. The number of rotatable bonds is 6. The summed E-state index contributed by atoms with van der Waals surface area (Å²) in [5, 5.41) is 14.5.